The molecule has 33 heavy (non-hydrogen) atoms. The van der Waals surface area contributed by atoms with Gasteiger partial charge in [-0.25, -0.2) is 0 Å². The molecule has 1 aliphatic carbocycles. The standard InChI is InChI=1S/C27H41NO5/c1-5-6-7-8-9-13-16-24-22(18-19-25(24)29)15-12-10-11-14-17-27(32)33-23(20-26(30)31)21-28(2,3)4/h9-10,12-13,16,18-19,22-23H,5-8,11,14-15,17,20-21H2,1-4H3/b12-10+,13-9+,24-16-. The number of hydrogen-bond donors (Lipinski definition) is 0. The average Bonchev–Trinajstić information content (AvgIpc) is 3.05. The van der Waals surface area contributed by atoms with Crippen LogP contribution in [0.5, 0.6) is 0 Å². The number of carboxylic acid groups (broad SMARTS) is 1. The molecule has 0 aromatic heterocycles. The minimum Gasteiger partial charge on any atom is -0.550 e. The van der Waals surface area contributed by atoms with Gasteiger partial charge in [-0.3, -0.25) is 9.59 Å². The smallest absolute Gasteiger partial charge is 0.306 e. The van der Waals surface area contributed by atoms with Gasteiger partial charge in [-0.2, -0.15) is 0 Å². The summed E-state index contributed by atoms with van der Waals surface area (Å²) in [7, 11) is 5.75. The lowest BCUT2D eigenvalue weighted by Crippen LogP contribution is -2.45. The number of hydrogen-bond acceptors (Lipinski definition) is 5. The van der Waals surface area contributed by atoms with Crippen LogP contribution in [0.1, 0.15) is 64.7 Å². The van der Waals surface area contributed by atoms with Crippen LogP contribution in [0.3, 0.4) is 0 Å². The van der Waals surface area contributed by atoms with Crippen LogP contribution >= 0.6 is 0 Å². The van der Waals surface area contributed by atoms with E-state index in [0.29, 0.717) is 17.4 Å². The largest absolute Gasteiger partial charge is 0.550 e. The van der Waals surface area contributed by atoms with Crippen molar-refractivity contribution >= 4 is 17.7 Å². The molecule has 1 rings (SSSR count). The number of aliphatic carboxylic acids is 1. The average molecular weight is 460 g/mol. The molecule has 184 valence electrons. The highest BCUT2D eigenvalue weighted by atomic mass is 16.5. The maximum atomic E-state index is 12.1. The van der Waals surface area contributed by atoms with E-state index in [1.165, 1.54) is 19.3 Å². The summed E-state index contributed by atoms with van der Waals surface area (Å²) < 4.78 is 5.86. The minimum absolute atomic E-state index is 0.0781. The predicted molar refractivity (Wildman–Crippen MR) is 129 cm³/mol. The first-order valence-corrected chi connectivity index (χ1v) is 12.1. The Balaban J connectivity index is 2.38. The Bertz CT molecular complexity index is 755. The number of nitrogens with zero attached hydrogens (tertiary/aromatic N) is 1. The van der Waals surface area contributed by atoms with Crippen molar-refractivity contribution in [3.63, 3.8) is 0 Å². The zero-order valence-corrected chi connectivity index (χ0v) is 20.8. The molecule has 0 aliphatic heterocycles. The zero-order chi connectivity index (χ0) is 24.7. The van der Waals surface area contributed by atoms with Crippen LogP contribution in [0.15, 0.2) is 48.1 Å². The number of carbonyl (C=O) groups excluding carboxylic acids is 3. The van der Waals surface area contributed by atoms with Crippen molar-refractivity contribution in [1.29, 1.82) is 0 Å². The monoisotopic (exact) mass is 459 g/mol. The van der Waals surface area contributed by atoms with E-state index in [-0.39, 0.29) is 30.5 Å². The molecule has 0 spiro atoms. The quantitative estimate of drug-likeness (QED) is 0.116. The highest BCUT2D eigenvalue weighted by Gasteiger charge is 2.22. The highest BCUT2D eigenvalue weighted by molar-refractivity contribution is 6.07. The van der Waals surface area contributed by atoms with E-state index in [4.69, 9.17) is 4.74 Å². The van der Waals surface area contributed by atoms with Crippen molar-refractivity contribution in [2.45, 2.75) is 70.8 Å². The number of unbranched alkanes of at least 4 members (excludes halogenated alkanes) is 4. The molecule has 0 saturated carbocycles. The van der Waals surface area contributed by atoms with E-state index < -0.39 is 12.1 Å². The number of esters is 1. The minimum atomic E-state index is -1.22. The first-order valence-electron chi connectivity index (χ1n) is 12.1. The topological polar surface area (TPSA) is 83.5 Å². The molecule has 1 aliphatic rings. The second-order valence-electron chi connectivity index (χ2n) is 9.64. The lowest BCUT2D eigenvalue weighted by atomic mass is 9.97. The van der Waals surface area contributed by atoms with Crippen molar-refractivity contribution in [1.82, 2.24) is 0 Å². The molecule has 0 aromatic carbocycles. The van der Waals surface area contributed by atoms with E-state index in [1.807, 2.05) is 51.5 Å². The number of quaternary nitrogens is 1. The van der Waals surface area contributed by atoms with Gasteiger partial charge in [0.2, 0.25) is 0 Å². The predicted octanol–water partition coefficient (Wildman–Crippen LogP) is 3.68. The van der Waals surface area contributed by atoms with Gasteiger partial charge in [0, 0.05) is 30.3 Å². The third-order valence-electron chi connectivity index (χ3n) is 5.30. The second kappa shape index (κ2) is 15.4. The van der Waals surface area contributed by atoms with Gasteiger partial charge >= 0.3 is 5.97 Å². The molecule has 2 unspecified atom stereocenters. The van der Waals surface area contributed by atoms with Gasteiger partial charge in [0.05, 0.1) is 21.1 Å². The molecule has 0 saturated heterocycles. The number of carbonyl (C=O) groups is 3. The molecular formula is C27H41NO5. The Hall–Kier alpha value is -2.47. The molecule has 6 nitrogen and oxygen atoms in total. The lowest BCUT2D eigenvalue weighted by molar-refractivity contribution is -0.873. The number of ketones is 1. The van der Waals surface area contributed by atoms with Crippen LogP contribution in [0.25, 0.3) is 0 Å². The molecule has 0 aromatic rings. The Morgan fingerprint density at radius 2 is 1.85 bits per heavy atom. The van der Waals surface area contributed by atoms with Crippen molar-refractivity contribution < 1.29 is 28.7 Å². The van der Waals surface area contributed by atoms with E-state index in [9.17, 15) is 19.5 Å². The SMILES string of the molecule is CCCCC/C=C/C=C1\C(=O)C=CC1C/C=C/CCCC(=O)OC(CC(=O)[O-])C[N+](C)(C)C. The summed E-state index contributed by atoms with van der Waals surface area (Å²) in [5.41, 5.74) is 0.825. The molecule has 0 amide bonds. The Kier molecular flexibility index (Phi) is 13.3. The number of rotatable bonds is 16. The van der Waals surface area contributed by atoms with Crippen molar-refractivity contribution in [2.75, 3.05) is 27.7 Å². The highest BCUT2D eigenvalue weighted by Crippen LogP contribution is 2.25. The summed E-state index contributed by atoms with van der Waals surface area (Å²) in [6.45, 7) is 2.60. The van der Waals surface area contributed by atoms with E-state index in [2.05, 4.69) is 13.0 Å². The Morgan fingerprint density at radius 3 is 2.52 bits per heavy atom. The van der Waals surface area contributed by atoms with Gasteiger partial charge in [-0.05, 0) is 38.2 Å². The molecular weight excluding hydrogens is 418 g/mol. The number of ether oxygens (including phenoxy) is 1. The van der Waals surface area contributed by atoms with Crippen LogP contribution in [0.2, 0.25) is 0 Å². The molecule has 0 fully saturated rings. The zero-order valence-electron chi connectivity index (χ0n) is 20.8. The number of carboxylic acids is 1. The lowest BCUT2D eigenvalue weighted by Gasteiger charge is -2.29. The molecule has 0 N–H and O–H groups in total. The fraction of sp³-hybridized carbons (Fsp3) is 0.593. The van der Waals surface area contributed by atoms with E-state index in [0.717, 1.165) is 24.8 Å². The van der Waals surface area contributed by atoms with Crippen LogP contribution in [0, 0.1) is 5.92 Å². The summed E-state index contributed by atoms with van der Waals surface area (Å²) in [6, 6.07) is 0. The van der Waals surface area contributed by atoms with Gasteiger partial charge in [0.15, 0.2) is 11.9 Å². The van der Waals surface area contributed by atoms with E-state index in [1.54, 1.807) is 6.08 Å². The van der Waals surface area contributed by atoms with Gasteiger partial charge in [-0.1, -0.05) is 56.2 Å². The number of allylic oxidation sites excluding steroid dienone is 8. The van der Waals surface area contributed by atoms with Gasteiger partial charge in [0.25, 0.3) is 0 Å². The second-order valence-corrected chi connectivity index (χ2v) is 9.64. The van der Waals surface area contributed by atoms with Crippen LogP contribution in [-0.2, 0) is 19.1 Å². The van der Waals surface area contributed by atoms with Crippen molar-refractivity contribution in [3.05, 3.63) is 48.1 Å². The molecule has 6 heteroatoms. The van der Waals surface area contributed by atoms with Crippen LogP contribution in [-0.4, -0.2) is 56.0 Å². The molecule has 0 bridgehead atoms. The fourth-order valence-electron chi connectivity index (χ4n) is 3.69. The summed E-state index contributed by atoms with van der Waals surface area (Å²) in [6.07, 6.45) is 19.7. The Morgan fingerprint density at radius 1 is 1.12 bits per heavy atom. The Labute approximate surface area is 199 Å². The van der Waals surface area contributed by atoms with Gasteiger partial charge < -0.3 is 19.1 Å². The third-order valence-corrected chi connectivity index (χ3v) is 5.30. The summed E-state index contributed by atoms with van der Waals surface area (Å²) in [4.78, 5) is 35.1. The fourth-order valence-corrected chi connectivity index (χ4v) is 3.69. The first-order chi connectivity index (χ1) is 15.6. The summed E-state index contributed by atoms with van der Waals surface area (Å²) in [5, 5.41) is 10.9. The van der Waals surface area contributed by atoms with Crippen LogP contribution < -0.4 is 5.11 Å². The van der Waals surface area contributed by atoms with Gasteiger partial charge in [-0.15, -0.1) is 0 Å². The van der Waals surface area contributed by atoms with Crippen LogP contribution in [0.4, 0.5) is 0 Å². The summed E-state index contributed by atoms with van der Waals surface area (Å²) in [5.74, 6) is -1.43. The van der Waals surface area contributed by atoms with Gasteiger partial charge in [0.1, 0.15) is 6.54 Å². The molecule has 0 heterocycles. The normalized spacial score (nSPS) is 18.6. The van der Waals surface area contributed by atoms with E-state index >= 15 is 0 Å². The maximum Gasteiger partial charge on any atom is 0.306 e. The maximum absolute atomic E-state index is 12.1. The number of likely N-dealkylation sites (N-methyl/N-ethyl adjacent to an activating group) is 1. The first kappa shape index (κ1) is 28.6. The summed E-state index contributed by atoms with van der Waals surface area (Å²) >= 11 is 0. The molecule has 2 atom stereocenters. The van der Waals surface area contributed by atoms with Crippen molar-refractivity contribution in [3.8, 4) is 0 Å². The third kappa shape index (κ3) is 13.6. The molecule has 0 radical (unpaired) electrons. The van der Waals surface area contributed by atoms with Crippen molar-refractivity contribution in [2.24, 2.45) is 5.92 Å².